The third-order valence-corrected chi connectivity index (χ3v) is 4.30. The molecule has 0 spiro atoms. The van der Waals surface area contributed by atoms with Crippen molar-refractivity contribution in [2.45, 2.75) is 12.5 Å². The Kier molecular flexibility index (Phi) is 3.26. The van der Waals surface area contributed by atoms with Crippen LogP contribution in [0.5, 0.6) is 0 Å². The van der Waals surface area contributed by atoms with E-state index in [0.717, 1.165) is 5.69 Å². The quantitative estimate of drug-likeness (QED) is 0.749. The van der Waals surface area contributed by atoms with E-state index in [9.17, 15) is 14.7 Å². The molecule has 0 aliphatic carbocycles. The van der Waals surface area contributed by atoms with Crippen molar-refractivity contribution in [3.63, 3.8) is 0 Å². The van der Waals surface area contributed by atoms with Crippen molar-refractivity contribution >= 4 is 22.8 Å². The smallest absolute Gasteiger partial charge is 0.332 e. The highest BCUT2D eigenvalue weighted by molar-refractivity contribution is 6.07. The van der Waals surface area contributed by atoms with E-state index in [1.54, 1.807) is 12.3 Å². The van der Waals surface area contributed by atoms with Crippen LogP contribution in [0.1, 0.15) is 27.8 Å². The predicted octanol–water partition coefficient (Wildman–Crippen LogP) is 1.78. The highest BCUT2D eigenvalue weighted by atomic mass is 16.4. The fraction of sp³-hybridized carbons (Fsp3) is 0.176. The molecule has 4 rings (SSSR count). The van der Waals surface area contributed by atoms with E-state index in [-0.39, 0.29) is 5.91 Å². The second-order valence-electron chi connectivity index (χ2n) is 5.63. The van der Waals surface area contributed by atoms with E-state index in [4.69, 9.17) is 0 Å². The number of pyridine rings is 1. The van der Waals surface area contributed by atoms with Crippen LogP contribution in [0.25, 0.3) is 10.9 Å². The molecular formula is C17H14N4O3. The lowest BCUT2D eigenvalue weighted by Gasteiger charge is -2.32. The molecule has 120 valence electrons. The van der Waals surface area contributed by atoms with Crippen LogP contribution < -0.4 is 0 Å². The van der Waals surface area contributed by atoms with Crippen LogP contribution >= 0.6 is 0 Å². The molecule has 1 atom stereocenters. The summed E-state index contributed by atoms with van der Waals surface area (Å²) in [4.78, 5) is 37.5. The molecule has 0 saturated carbocycles. The van der Waals surface area contributed by atoms with Crippen molar-refractivity contribution in [3.8, 4) is 0 Å². The third-order valence-electron chi connectivity index (χ3n) is 4.30. The van der Waals surface area contributed by atoms with Gasteiger partial charge < -0.3 is 15.0 Å². The zero-order valence-corrected chi connectivity index (χ0v) is 12.6. The number of nitrogens with one attached hydrogen (secondary N) is 1. The number of aromatic nitrogens is 3. The zero-order valence-electron chi connectivity index (χ0n) is 12.6. The summed E-state index contributed by atoms with van der Waals surface area (Å²) in [6.45, 7) is 0.321. The highest BCUT2D eigenvalue weighted by Crippen LogP contribution is 2.30. The summed E-state index contributed by atoms with van der Waals surface area (Å²) < 4.78 is 0. The molecule has 1 aliphatic rings. The normalized spacial score (nSPS) is 16.8. The van der Waals surface area contributed by atoms with Crippen LogP contribution in [0.15, 0.2) is 42.9 Å². The Labute approximate surface area is 137 Å². The van der Waals surface area contributed by atoms with E-state index >= 15 is 0 Å². The first-order valence-corrected chi connectivity index (χ1v) is 7.56. The number of nitrogens with zero attached hydrogens (tertiary/aromatic N) is 3. The number of carboxylic acid groups (broad SMARTS) is 1. The fourth-order valence-corrected chi connectivity index (χ4v) is 3.18. The van der Waals surface area contributed by atoms with Crippen LogP contribution in [-0.4, -0.2) is 43.4 Å². The molecule has 0 unspecified atom stereocenters. The van der Waals surface area contributed by atoms with Crippen molar-refractivity contribution in [1.29, 1.82) is 0 Å². The second kappa shape index (κ2) is 5.45. The molecule has 3 aromatic rings. The summed E-state index contributed by atoms with van der Waals surface area (Å²) in [5.41, 5.74) is 2.32. The van der Waals surface area contributed by atoms with E-state index in [0.29, 0.717) is 35.1 Å². The minimum Gasteiger partial charge on any atom is -0.479 e. The molecule has 2 aromatic heterocycles. The molecule has 1 amide bonds. The SMILES string of the molecule is O=C(O)[C@H]1c2nc[nH]c2CCN1C(=O)c1ccnc2ccccc12. The topological polar surface area (TPSA) is 99.2 Å². The Morgan fingerprint density at radius 2 is 2.04 bits per heavy atom. The maximum atomic E-state index is 13.1. The number of aromatic amines is 1. The van der Waals surface area contributed by atoms with Gasteiger partial charge in [-0.2, -0.15) is 0 Å². The van der Waals surface area contributed by atoms with Crippen molar-refractivity contribution in [1.82, 2.24) is 19.9 Å². The molecule has 24 heavy (non-hydrogen) atoms. The summed E-state index contributed by atoms with van der Waals surface area (Å²) in [6, 6.07) is 7.86. The van der Waals surface area contributed by atoms with Gasteiger partial charge >= 0.3 is 5.97 Å². The molecule has 0 radical (unpaired) electrons. The van der Waals surface area contributed by atoms with Gasteiger partial charge in [0.15, 0.2) is 6.04 Å². The van der Waals surface area contributed by atoms with Gasteiger partial charge in [0.2, 0.25) is 0 Å². The number of para-hydroxylation sites is 1. The van der Waals surface area contributed by atoms with E-state index < -0.39 is 12.0 Å². The number of carbonyl (C=O) groups excluding carboxylic acids is 1. The number of fused-ring (bicyclic) bond motifs is 2. The largest absolute Gasteiger partial charge is 0.479 e. The number of aliphatic carboxylic acids is 1. The summed E-state index contributed by atoms with van der Waals surface area (Å²) in [6.07, 6.45) is 3.58. The minimum absolute atomic E-state index is 0.321. The number of hydrogen-bond donors (Lipinski definition) is 2. The summed E-state index contributed by atoms with van der Waals surface area (Å²) in [7, 11) is 0. The number of rotatable bonds is 2. The van der Waals surface area contributed by atoms with E-state index in [1.807, 2.05) is 24.3 Å². The number of hydrogen-bond acceptors (Lipinski definition) is 4. The van der Waals surface area contributed by atoms with Gasteiger partial charge in [-0.05, 0) is 12.1 Å². The number of carboxylic acids is 1. The standard InChI is InChI=1S/C17H14N4O3/c22-16(11-5-7-18-12-4-2-1-3-10(11)12)21-8-6-13-14(20-9-19-13)15(21)17(23)24/h1-5,7,9,15H,6,8H2,(H,19,20)(H,23,24)/t15-/m1/s1. The first kappa shape index (κ1) is 14.4. The molecule has 7 heteroatoms. The van der Waals surface area contributed by atoms with Crippen molar-refractivity contribution in [2.75, 3.05) is 6.54 Å². The maximum Gasteiger partial charge on any atom is 0.332 e. The fourth-order valence-electron chi connectivity index (χ4n) is 3.18. The Balaban J connectivity index is 1.80. The summed E-state index contributed by atoms with van der Waals surface area (Å²) in [5, 5.41) is 10.3. The maximum absolute atomic E-state index is 13.1. The lowest BCUT2D eigenvalue weighted by molar-refractivity contribution is -0.143. The first-order chi connectivity index (χ1) is 11.7. The number of H-pyrrole nitrogens is 1. The molecule has 2 N–H and O–H groups in total. The van der Waals surface area contributed by atoms with Crippen molar-refractivity contribution in [3.05, 3.63) is 59.8 Å². The van der Waals surface area contributed by atoms with Gasteiger partial charge in [0.25, 0.3) is 5.91 Å². The van der Waals surface area contributed by atoms with E-state index in [2.05, 4.69) is 15.0 Å². The van der Waals surface area contributed by atoms with Gasteiger partial charge in [-0.3, -0.25) is 9.78 Å². The van der Waals surface area contributed by atoms with Gasteiger partial charge in [-0.1, -0.05) is 18.2 Å². The molecular weight excluding hydrogens is 308 g/mol. The molecule has 0 saturated heterocycles. The highest BCUT2D eigenvalue weighted by Gasteiger charge is 2.38. The molecule has 1 aromatic carbocycles. The van der Waals surface area contributed by atoms with Gasteiger partial charge in [0.05, 0.1) is 23.1 Å². The van der Waals surface area contributed by atoms with Crippen LogP contribution in [0.3, 0.4) is 0 Å². The average Bonchev–Trinajstić information content (AvgIpc) is 3.08. The molecule has 0 bridgehead atoms. The molecule has 0 fully saturated rings. The predicted molar refractivity (Wildman–Crippen MR) is 85.4 cm³/mol. The molecule has 7 nitrogen and oxygen atoms in total. The lowest BCUT2D eigenvalue weighted by Crippen LogP contribution is -2.43. The Morgan fingerprint density at radius 3 is 2.88 bits per heavy atom. The van der Waals surface area contributed by atoms with Crippen molar-refractivity contribution in [2.24, 2.45) is 0 Å². The van der Waals surface area contributed by atoms with Gasteiger partial charge in [-0.25, -0.2) is 9.78 Å². The number of imidazole rings is 1. The Morgan fingerprint density at radius 1 is 1.21 bits per heavy atom. The summed E-state index contributed by atoms with van der Waals surface area (Å²) in [5.74, 6) is -1.41. The number of amides is 1. The van der Waals surface area contributed by atoms with Crippen LogP contribution in [0.2, 0.25) is 0 Å². The van der Waals surface area contributed by atoms with Gasteiger partial charge in [0, 0.05) is 30.2 Å². The minimum atomic E-state index is -1.09. The van der Waals surface area contributed by atoms with Crippen LogP contribution in [0.4, 0.5) is 0 Å². The summed E-state index contributed by atoms with van der Waals surface area (Å²) >= 11 is 0. The van der Waals surface area contributed by atoms with Gasteiger partial charge in [-0.15, -0.1) is 0 Å². The Hall–Kier alpha value is -3.22. The Bertz CT molecular complexity index is 944. The second-order valence-corrected chi connectivity index (χ2v) is 5.63. The van der Waals surface area contributed by atoms with Crippen LogP contribution in [0, 0.1) is 0 Å². The average molecular weight is 322 g/mol. The third kappa shape index (κ3) is 2.13. The monoisotopic (exact) mass is 322 g/mol. The number of benzene rings is 1. The zero-order chi connectivity index (χ0) is 16.7. The number of carbonyl (C=O) groups is 2. The molecule has 1 aliphatic heterocycles. The van der Waals surface area contributed by atoms with Crippen molar-refractivity contribution < 1.29 is 14.7 Å². The lowest BCUT2D eigenvalue weighted by atomic mass is 10.0. The van der Waals surface area contributed by atoms with E-state index in [1.165, 1.54) is 11.2 Å². The first-order valence-electron chi connectivity index (χ1n) is 7.56. The molecule has 3 heterocycles. The van der Waals surface area contributed by atoms with Gasteiger partial charge in [0.1, 0.15) is 0 Å². The van der Waals surface area contributed by atoms with Crippen LogP contribution in [-0.2, 0) is 11.2 Å².